The fourth-order valence-corrected chi connectivity index (χ4v) is 4.65. The summed E-state index contributed by atoms with van der Waals surface area (Å²) in [4.78, 5) is 17.0. The van der Waals surface area contributed by atoms with Crippen molar-refractivity contribution in [3.63, 3.8) is 0 Å². The van der Waals surface area contributed by atoms with Crippen LogP contribution in [0.2, 0.25) is 0 Å². The number of nitrogens with two attached hydrogens (primary N) is 1. The number of amides is 1. The molecule has 0 aliphatic carbocycles. The van der Waals surface area contributed by atoms with Crippen LogP contribution in [0.25, 0.3) is 0 Å². The number of benzene rings is 1. The zero-order valence-corrected chi connectivity index (χ0v) is 19.3. The Morgan fingerprint density at radius 3 is 2.09 bits per heavy atom. The smallest absolute Gasteiger partial charge is 0.238 e. The molecule has 3 N–H and O–H groups in total. The van der Waals surface area contributed by atoms with Gasteiger partial charge in [-0.15, -0.1) is 10.2 Å². The van der Waals surface area contributed by atoms with E-state index in [2.05, 4.69) is 25.3 Å². The van der Waals surface area contributed by atoms with Crippen LogP contribution >= 0.6 is 0 Å². The molecule has 33 heavy (non-hydrogen) atoms. The average Bonchev–Trinajstić information content (AvgIpc) is 2.84. The van der Waals surface area contributed by atoms with E-state index in [1.54, 1.807) is 12.1 Å². The first-order valence-electron chi connectivity index (χ1n) is 11.2. The lowest BCUT2D eigenvalue weighted by Gasteiger charge is -2.32. The zero-order valence-electron chi connectivity index (χ0n) is 18.5. The molecule has 1 aromatic heterocycles. The SMILES string of the molecule is NS(=O)(=O)c1ccc(CCNC(=O)C2CCN(c3ccc(N4CCOCC4)nn3)CC2)cc1. The number of primary sulfonamides is 1. The van der Waals surface area contributed by atoms with Crippen molar-refractivity contribution in [2.45, 2.75) is 24.2 Å². The number of ether oxygens (including phenoxy) is 1. The minimum absolute atomic E-state index is 0.0217. The number of piperidine rings is 1. The summed E-state index contributed by atoms with van der Waals surface area (Å²) in [5.74, 6) is 1.75. The molecule has 2 fully saturated rings. The Morgan fingerprint density at radius 1 is 0.970 bits per heavy atom. The van der Waals surface area contributed by atoms with Crippen LogP contribution in [0.5, 0.6) is 0 Å². The van der Waals surface area contributed by atoms with E-state index in [4.69, 9.17) is 9.88 Å². The number of sulfonamides is 1. The van der Waals surface area contributed by atoms with Crippen LogP contribution in [0.1, 0.15) is 18.4 Å². The van der Waals surface area contributed by atoms with Gasteiger partial charge in [0.25, 0.3) is 0 Å². The molecule has 2 aliphatic rings. The zero-order chi connectivity index (χ0) is 23.3. The maximum absolute atomic E-state index is 12.6. The van der Waals surface area contributed by atoms with Crippen molar-refractivity contribution in [3.05, 3.63) is 42.0 Å². The second kappa shape index (κ2) is 10.4. The molecule has 0 bridgehead atoms. The molecule has 0 spiro atoms. The topological polar surface area (TPSA) is 131 Å². The number of nitrogens with one attached hydrogen (secondary N) is 1. The standard InChI is InChI=1S/C22H30N6O4S/c23-33(30,31)19-3-1-17(2-4-19)7-10-24-22(29)18-8-11-27(12-9-18)20-5-6-21(26-25-20)28-13-15-32-16-14-28/h1-6,18H,7-16H2,(H,24,29)(H2,23,30,31). The van der Waals surface area contributed by atoms with Crippen LogP contribution in [0.15, 0.2) is 41.3 Å². The molecule has 2 aliphatic heterocycles. The van der Waals surface area contributed by atoms with Gasteiger partial charge in [0, 0.05) is 38.6 Å². The van der Waals surface area contributed by atoms with Crippen molar-refractivity contribution in [2.24, 2.45) is 11.1 Å². The van der Waals surface area contributed by atoms with Gasteiger partial charge in [-0.05, 0) is 49.1 Å². The second-order valence-electron chi connectivity index (χ2n) is 8.34. The number of carbonyl (C=O) groups excluding carboxylic acids is 1. The lowest BCUT2D eigenvalue weighted by Crippen LogP contribution is -2.41. The third-order valence-electron chi connectivity index (χ3n) is 6.13. The number of nitrogens with zero attached hydrogens (tertiary/aromatic N) is 4. The third kappa shape index (κ3) is 6.18. The largest absolute Gasteiger partial charge is 0.378 e. The van der Waals surface area contributed by atoms with E-state index in [1.807, 2.05) is 12.1 Å². The summed E-state index contributed by atoms with van der Waals surface area (Å²) in [6.45, 7) is 5.11. The summed E-state index contributed by atoms with van der Waals surface area (Å²) < 4.78 is 28.0. The number of morpholine rings is 1. The number of hydrogen-bond acceptors (Lipinski definition) is 8. The van der Waals surface area contributed by atoms with E-state index >= 15 is 0 Å². The Bertz CT molecular complexity index is 1030. The van der Waals surface area contributed by atoms with Crippen molar-refractivity contribution in [1.29, 1.82) is 0 Å². The van der Waals surface area contributed by atoms with Crippen molar-refractivity contribution in [3.8, 4) is 0 Å². The fraction of sp³-hybridized carbons (Fsp3) is 0.500. The molecule has 0 radical (unpaired) electrons. The lowest BCUT2D eigenvalue weighted by molar-refractivity contribution is -0.125. The summed E-state index contributed by atoms with van der Waals surface area (Å²) in [5, 5.41) is 16.9. The Hall–Kier alpha value is -2.76. The average molecular weight is 475 g/mol. The molecule has 3 heterocycles. The molecule has 178 valence electrons. The summed E-state index contributed by atoms with van der Waals surface area (Å²) >= 11 is 0. The van der Waals surface area contributed by atoms with E-state index in [-0.39, 0.29) is 16.7 Å². The molecular formula is C22H30N6O4S. The molecule has 1 amide bonds. The van der Waals surface area contributed by atoms with Crippen LogP contribution in [0.3, 0.4) is 0 Å². The minimum atomic E-state index is -3.69. The Balaban J connectivity index is 1.20. The Kier molecular flexibility index (Phi) is 7.41. The number of rotatable bonds is 7. The molecule has 4 rings (SSSR count). The number of aromatic nitrogens is 2. The maximum atomic E-state index is 12.6. The Labute approximate surface area is 194 Å². The van der Waals surface area contributed by atoms with E-state index in [1.165, 1.54) is 12.1 Å². The normalized spacial score (nSPS) is 17.7. The minimum Gasteiger partial charge on any atom is -0.378 e. The van der Waals surface area contributed by atoms with Crippen LogP contribution in [-0.4, -0.2) is 70.5 Å². The van der Waals surface area contributed by atoms with Gasteiger partial charge in [0.05, 0.1) is 18.1 Å². The second-order valence-corrected chi connectivity index (χ2v) is 9.90. The Morgan fingerprint density at radius 2 is 1.55 bits per heavy atom. The van der Waals surface area contributed by atoms with Gasteiger partial charge in [0.15, 0.2) is 11.6 Å². The molecule has 0 unspecified atom stereocenters. The van der Waals surface area contributed by atoms with Gasteiger partial charge >= 0.3 is 0 Å². The van der Waals surface area contributed by atoms with Gasteiger partial charge in [-0.2, -0.15) is 0 Å². The van der Waals surface area contributed by atoms with Gasteiger partial charge in [0.1, 0.15) is 0 Å². The van der Waals surface area contributed by atoms with Gasteiger partial charge in [-0.25, -0.2) is 13.6 Å². The molecule has 0 saturated carbocycles. The summed E-state index contributed by atoms with van der Waals surface area (Å²) in [6, 6.07) is 10.4. The van der Waals surface area contributed by atoms with Crippen LogP contribution < -0.4 is 20.3 Å². The quantitative estimate of drug-likeness (QED) is 0.594. The van der Waals surface area contributed by atoms with E-state index in [0.717, 1.165) is 56.2 Å². The van der Waals surface area contributed by atoms with E-state index in [0.29, 0.717) is 26.2 Å². The molecule has 2 aromatic rings. The predicted octanol–water partition coefficient (Wildman–Crippen LogP) is 0.536. The first kappa shape index (κ1) is 23.4. The third-order valence-corrected chi connectivity index (χ3v) is 7.06. The van der Waals surface area contributed by atoms with Crippen molar-refractivity contribution >= 4 is 27.6 Å². The molecule has 0 atom stereocenters. The molecule has 10 nitrogen and oxygen atoms in total. The molecule has 1 aromatic carbocycles. The number of hydrogen-bond donors (Lipinski definition) is 2. The van der Waals surface area contributed by atoms with Crippen molar-refractivity contribution in [2.75, 3.05) is 55.7 Å². The molecule has 2 saturated heterocycles. The highest BCUT2D eigenvalue weighted by Crippen LogP contribution is 2.23. The van der Waals surface area contributed by atoms with Gasteiger partial charge in [-0.1, -0.05) is 12.1 Å². The van der Waals surface area contributed by atoms with Gasteiger partial charge in [0.2, 0.25) is 15.9 Å². The number of carbonyl (C=O) groups is 1. The molecule has 11 heteroatoms. The van der Waals surface area contributed by atoms with Crippen LogP contribution in [0, 0.1) is 5.92 Å². The predicted molar refractivity (Wildman–Crippen MR) is 125 cm³/mol. The first-order chi connectivity index (χ1) is 15.9. The highest BCUT2D eigenvalue weighted by Gasteiger charge is 2.25. The van der Waals surface area contributed by atoms with Gasteiger partial charge in [-0.3, -0.25) is 4.79 Å². The maximum Gasteiger partial charge on any atom is 0.238 e. The first-order valence-corrected chi connectivity index (χ1v) is 12.8. The summed E-state index contributed by atoms with van der Waals surface area (Å²) in [5.41, 5.74) is 0.941. The highest BCUT2D eigenvalue weighted by molar-refractivity contribution is 7.89. The van der Waals surface area contributed by atoms with Crippen LogP contribution in [0.4, 0.5) is 11.6 Å². The van der Waals surface area contributed by atoms with Crippen molar-refractivity contribution < 1.29 is 17.9 Å². The molecular weight excluding hydrogens is 444 g/mol. The lowest BCUT2D eigenvalue weighted by atomic mass is 9.96. The summed E-state index contributed by atoms with van der Waals surface area (Å²) in [7, 11) is -3.69. The van der Waals surface area contributed by atoms with Gasteiger partial charge < -0.3 is 19.9 Å². The highest BCUT2D eigenvalue weighted by atomic mass is 32.2. The fourth-order valence-electron chi connectivity index (χ4n) is 4.14. The van der Waals surface area contributed by atoms with Crippen LogP contribution in [-0.2, 0) is 26.0 Å². The monoisotopic (exact) mass is 474 g/mol. The van der Waals surface area contributed by atoms with E-state index < -0.39 is 10.0 Å². The summed E-state index contributed by atoms with van der Waals surface area (Å²) in [6.07, 6.45) is 2.16. The van der Waals surface area contributed by atoms with E-state index in [9.17, 15) is 13.2 Å². The number of anilines is 2. The van der Waals surface area contributed by atoms with Crippen molar-refractivity contribution in [1.82, 2.24) is 15.5 Å².